The van der Waals surface area contributed by atoms with Gasteiger partial charge in [-0.15, -0.1) is 11.8 Å². The first kappa shape index (κ1) is 21.0. The SMILES string of the molecule is CN(CCNC(=O)c1cccnc1SCc1ccc(F)cc1)Cc1ccccc1. The molecule has 0 fully saturated rings. The monoisotopic (exact) mass is 409 g/mol. The molecule has 0 aliphatic carbocycles. The summed E-state index contributed by atoms with van der Waals surface area (Å²) in [6, 6.07) is 20.1. The summed E-state index contributed by atoms with van der Waals surface area (Å²) in [5.74, 6) is 0.235. The van der Waals surface area contributed by atoms with Gasteiger partial charge in [0.2, 0.25) is 0 Å². The van der Waals surface area contributed by atoms with Crippen molar-refractivity contribution in [2.45, 2.75) is 17.3 Å². The second-order valence-corrected chi connectivity index (χ2v) is 7.71. The summed E-state index contributed by atoms with van der Waals surface area (Å²) < 4.78 is 13.0. The van der Waals surface area contributed by atoms with E-state index < -0.39 is 0 Å². The summed E-state index contributed by atoms with van der Waals surface area (Å²) in [5.41, 5.74) is 2.79. The molecule has 0 saturated carbocycles. The van der Waals surface area contributed by atoms with E-state index in [4.69, 9.17) is 0 Å². The van der Waals surface area contributed by atoms with Crippen molar-refractivity contribution in [3.8, 4) is 0 Å². The first-order valence-electron chi connectivity index (χ1n) is 9.45. The lowest BCUT2D eigenvalue weighted by Crippen LogP contribution is -2.33. The van der Waals surface area contributed by atoms with Crippen LogP contribution < -0.4 is 5.32 Å². The highest BCUT2D eigenvalue weighted by Crippen LogP contribution is 2.24. The van der Waals surface area contributed by atoms with E-state index in [1.54, 1.807) is 30.5 Å². The lowest BCUT2D eigenvalue weighted by atomic mass is 10.2. The number of hydrogen-bond acceptors (Lipinski definition) is 4. The molecule has 6 heteroatoms. The minimum absolute atomic E-state index is 0.132. The number of rotatable bonds is 9. The predicted octanol–water partition coefficient (Wildman–Crippen LogP) is 4.37. The maximum absolute atomic E-state index is 13.0. The Morgan fingerprint density at radius 2 is 1.79 bits per heavy atom. The number of aromatic nitrogens is 1. The van der Waals surface area contributed by atoms with Crippen LogP contribution in [0.25, 0.3) is 0 Å². The fourth-order valence-corrected chi connectivity index (χ4v) is 3.79. The molecule has 3 rings (SSSR count). The van der Waals surface area contributed by atoms with Crippen LogP contribution in [0.2, 0.25) is 0 Å². The van der Waals surface area contributed by atoms with E-state index >= 15 is 0 Å². The molecule has 4 nitrogen and oxygen atoms in total. The predicted molar refractivity (Wildman–Crippen MR) is 115 cm³/mol. The van der Waals surface area contributed by atoms with Gasteiger partial charge in [0.05, 0.1) is 5.56 Å². The summed E-state index contributed by atoms with van der Waals surface area (Å²) in [5, 5.41) is 3.65. The molecule has 2 aromatic carbocycles. The Kier molecular flexibility index (Phi) is 7.78. The van der Waals surface area contributed by atoms with Crippen LogP contribution in [0.1, 0.15) is 21.5 Å². The molecule has 29 heavy (non-hydrogen) atoms. The third-order valence-electron chi connectivity index (χ3n) is 4.38. The summed E-state index contributed by atoms with van der Waals surface area (Å²) >= 11 is 1.47. The molecule has 0 bridgehead atoms. The zero-order valence-electron chi connectivity index (χ0n) is 16.3. The standard InChI is InChI=1S/C23H24FN3OS/c1-27(16-18-6-3-2-4-7-18)15-14-25-22(28)21-8-5-13-26-23(21)29-17-19-9-11-20(24)12-10-19/h2-13H,14-17H2,1H3,(H,25,28). The van der Waals surface area contributed by atoms with E-state index in [0.717, 1.165) is 18.7 Å². The Hall–Kier alpha value is -2.70. The lowest BCUT2D eigenvalue weighted by Gasteiger charge is -2.17. The molecule has 0 unspecified atom stereocenters. The second-order valence-electron chi connectivity index (χ2n) is 6.75. The topological polar surface area (TPSA) is 45.2 Å². The van der Waals surface area contributed by atoms with Crippen LogP contribution in [0.15, 0.2) is 78.0 Å². The van der Waals surface area contributed by atoms with Crippen LogP contribution in [0.4, 0.5) is 4.39 Å². The summed E-state index contributed by atoms with van der Waals surface area (Å²) in [7, 11) is 2.03. The minimum atomic E-state index is -0.256. The zero-order valence-corrected chi connectivity index (χ0v) is 17.2. The molecular weight excluding hydrogens is 385 g/mol. The Bertz CT molecular complexity index is 919. The molecule has 0 saturated heterocycles. The number of nitrogens with zero attached hydrogens (tertiary/aromatic N) is 2. The molecule has 150 valence electrons. The lowest BCUT2D eigenvalue weighted by molar-refractivity contribution is 0.0946. The largest absolute Gasteiger partial charge is 0.351 e. The number of amides is 1. The highest BCUT2D eigenvalue weighted by molar-refractivity contribution is 7.98. The summed E-state index contributed by atoms with van der Waals surface area (Å²) in [4.78, 5) is 19.1. The molecule has 1 aromatic heterocycles. The molecule has 0 radical (unpaired) electrons. The molecule has 0 aliphatic rings. The van der Waals surface area contributed by atoms with Crippen molar-refractivity contribution in [2.24, 2.45) is 0 Å². The smallest absolute Gasteiger partial charge is 0.254 e. The Labute approximate surface area is 175 Å². The van der Waals surface area contributed by atoms with Gasteiger partial charge in [-0.05, 0) is 42.4 Å². The van der Waals surface area contributed by atoms with E-state index in [1.807, 2.05) is 25.2 Å². The van der Waals surface area contributed by atoms with Crippen molar-refractivity contribution < 1.29 is 9.18 Å². The van der Waals surface area contributed by atoms with E-state index in [2.05, 4.69) is 27.3 Å². The Balaban J connectivity index is 1.50. The van der Waals surface area contributed by atoms with E-state index in [0.29, 0.717) is 22.9 Å². The minimum Gasteiger partial charge on any atom is -0.351 e. The van der Waals surface area contributed by atoms with Crippen LogP contribution in [0.3, 0.4) is 0 Å². The Morgan fingerprint density at radius 1 is 1.03 bits per heavy atom. The van der Waals surface area contributed by atoms with Crippen molar-refractivity contribution in [3.63, 3.8) is 0 Å². The van der Waals surface area contributed by atoms with Crippen molar-refractivity contribution >= 4 is 17.7 Å². The van der Waals surface area contributed by atoms with Gasteiger partial charge in [0.25, 0.3) is 5.91 Å². The van der Waals surface area contributed by atoms with Crippen LogP contribution in [-0.4, -0.2) is 35.9 Å². The van der Waals surface area contributed by atoms with Gasteiger partial charge in [0, 0.05) is 31.6 Å². The first-order valence-corrected chi connectivity index (χ1v) is 10.4. The van der Waals surface area contributed by atoms with Gasteiger partial charge in [0.1, 0.15) is 10.8 Å². The number of carbonyl (C=O) groups is 1. The third kappa shape index (κ3) is 6.69. The number of pyridine rings is 1. The second kappa shape index (κ2) is 10.7. The number of likely N-dealkylation sites (N-methyl/N-ethyl adjacent to an activating group) is 1. The van der Waals surface area contributed by atoms with Gasteiger partial charge in [-0.3, -0.25) is 4.79 Å². The highest BCUT2D eigenvalue weighted by Gasteiger charge is 2.13. The Morgan fingerprint density at radius 3 is 2.55 bits per heavy atom. The number of hydrogen-bond donors (Lipinski definition) is 1. The van der Waals surface area contributed by atoms with E-state index in [-0.39, 0.29) is 11.7 Å². The maximum atomic E-state index is 13.0. The summed E-state index contributed by atoms with van der Waals surface area (Å²) in [6.07, 6.45) is 1.68. The molecule has 1 heterocycles. The van der Waals surface area contributed by atoms with E-state index in [1.165, 1.54) is 29.5 Å². The number of benzene rings is 2. The zero-order chi connectivity index (χ0) is 20.5. The normalized spacial score (nSPS) is 10.9. The number of nitrogens with one attached hydrogen (secondary N) is 1. The average molecular weight is 410 g/mol. The van der Waals surface area contributed by atoms with Gasteiger partial charge in [-0.25, -0.2) is 9.37 Å². The molecule has 0 atom stereocenters. The summed E-state index contributed by atoms with van der Waals surface area (Å²) in [6.45, 7) is 2.14. The number of carbonyl (C=O) groups excluding carboxylic acids is 1. The highest BCUT2D eigenvalue weighted by atomic mass is 32.2. The van der Waals surface area contributed by atoms with Gasteiger partial charge < -0.3 is 10.2 Å². The molecule has 0 spiro atoms. The fraction of sp³-hybridized carbons (Fsp3) is 0.217. The van der Waals surface area contributed by atoms with Gasteiger partial charge in [0.15, 0.2) is 0 Å². The van der Waals surface area contributed by atoms with E-state index in [9.17, 15) is 9.18 Å². The molecule has 1 amide bonds. The van der Waals surface area contributed by atoms with Crippen LogP contribution in [-0.2, 0) is 12.3 Å². The molecule has 1 N–H and O–H groups in total. The van der Waals surface area contributed by atoms with Crippen molar-refractivity contribution in [1.29, 1.82) is 0 Å². The van der Waals surface area contributed by atoms with Crippen LogP contribution in [0, 0.1) is 5.82 Å². The number of halogens is 1. The fourth-order valence-electron chi connectivity index (χ4n) is 2.84. The van der Waals surface area contributed by atoms with Crippen LogP contribution in [0.5, 0.6) is 0 Å². The van der Waals surface area contributed by atoms with Gasteiger partial charge in [-0.1, -0.05) is 42.5 Å². The van der Waals surface area contributed by atoms with Crippen molar-refractivity contribution in [3.05, 3.63) is 95.4 Å². The van der Waals surface area contributed by atoms with Crippen molar-refractivity contribution in [1.82, 2.24) is 15.2 Å². The molecule has 3 aromatic rings. The maximum Gasteiger partial charge on any atom is 0.254 e. The van der Waals surface area contributed by atoms with Crippen LogP contribution >= 0.6 is 11.8 Å². The first-order chi connectivity index (χ1) is 14.1. The number of thioether (sulfide) groups is 1. The van der Waals surface area contributed by atoms with Crippen molar-refractivity contribution in [2.75, 3.05) is 20.1 Å². The average Bonchev–Trinajstić information content (AvgIpc) is 2.74. The van der Waals surface area contributed by atoms with Gasteiger partial charge in [-0.2, -0.15) is 0 Å². The molecular formula is C23H24FN3OS. The quantitative estimate of drug-likeness (QED) is 0.533. The third-order valence-corrected chi connectivity index (χ3v) is 5.46. The van der Waals surface area contributed by atoms with Gasteiger partial charge >= 0.3 is 0 Å². The molecule has 0 aliphatic heterocycles.